The highest BCUT2D eigenvalue weighted by atomic mass is 16.6. The molecule has 0 spiro atoms. The van der Waals surface area contributed by atoms with Crippen molar-refractivity contribution in [3.63, 3.8) is 0 Å². The second-order valence-corrected chi connectivity index (χ2v) is 6.30. The number of carbonyl (C=O) groups excluding carboxylic acids is 2. The van der Waals surface area contributed by atoms with E-state index in [1.807, 2.05) is 0 Å². The van der Waals surface area contributed by atoms with Gasteiger partial charge < -0.3 is 14.5 Å². The first kappa shape index (κ1) is 17.6. The van der Waals surface area contributed by atoms with E-state index in [0.717, 1.165) is 18.9 Å². The fourth-order valence-electron chi connectivity index (χ4n) is 3.18. The molecule has 1 aromatic heterocycles. The number of nitrogens with zero attached hydrogens (tertiary/aromatic N) is 7. The first-order valence-electron chi connectivity index (χ1n) is 8.84. The highest BCUT2D eigenvalue weighted by Gasteiger charge is 2.26. The molecule has 2 aliphatic rings. The molecule has 0 N–H and O–H groups in total. The van der Waals surface area contributed by atoms with Gasteiger partial charge in [-0.1, -0.05) is 0 Å². The zero-order chi connectivity index (χ0) is 17.6. The van der Waals surface area contributed by atoms with E-state index in [9.17, 15) is 9.59 Å². The second kappa shape index (κ2) is 8.24. The smallest absolute Gasteiger partial charge is 0.409 e. The summed E-state index contributed by atoms with van der Waals surface area (Å²) in [5.74, 6) is 0.693. The third kappa shape index (κ3) is 4.44. The average Bonchev–Trinajstić information content (AvgIpc) is 3.28. The highest BCUT2D eigenvalue weighted by Crippen LogP contribution is 2.11. The summed E-state index contributed by atoms with van der Waals surface area (Å²) in [5.41, 5.74) is 0. The van der Waals surface area contributed by atoms with Crippen molar-refractivity contribution in [2.24, 2.45) is 0 Å². The van der Waals surface area contributed by atoms with Crippen LogP contribution in [-0.2, 0) is 22.6 Å². The molecule has 3 rings (SSSR count). The monoisotopic (exact) mass is 351 g/mol. The van der Waals surface area contributed by atoms with E-state index in [1.165, 1.54) is 12.8 Å². The fraction of sp³-hybridized carbons (Fsp3) is 0.800. The first-order chi connectivity index (χ1) is 12.2. The second-order valence-electron chi connectivity index (χ2n) is 6.30. The Morgan fingerprint density at radius 2 is 1.72 bits per heavy atom. The lowest BCUT2D eigenvalue weighted by Gasteiger charge is -2.34. The Morgan fingerprint density at radius 1 is 1.04 bits per heavy atom. The highest BCUT2D eigenvalue weighted by molar-refractivity contribution is 5.76. The largest absolute Gasteiger partial charge is 0.450 e. The topological polar surface area (TPSA) is 96.7 Å². The van der Waals surface area contributed by atoms with Crippen molar-refractivity contribution in [2.75, 3.05) is 45.9 Å². The maximum Gasteiger partial charge on any atom is 0.409 e. The predicted octanol–water partition coefficient (Wildman–Crippen LogP) is -0.430. The molecule has 2 amide bonds. The van der Waals surface area contributed by atoms with E-state index in [2.05, 4.69) is 20.4 Å². The molecule has 10 nitrogen and oxygen atoms in total. The number of hydrogen-bond acceptors (Lipinski definition) is 7. The van der Waals surface area contributed by atoms with Crippen molar-refractivity contribution in [1.29, 1.82) is 0 Å². The molecule has 0 aromatic carbocycles. The number of aromatic nitrogens is 4. The third-order valence-electron chi connectivity index (χ3n) is 4.61. The maximum atomic E-state index is 12.5. The predicted molar refractivity (Wildman–Crippen MR) is 87.5 cm³/mol. The summed E-state index contributed by atoms with van der Waals surface area (Å²) in [6.07, 6.45) is 2.08. The lowest BCUT2D eigenvalue weighted by Crippen LogP contribution is -2.51. The van der Waals surface area contributed by atoms with Crippen LogP contribution in [0.2, 0.25) is 0 Å². The quantitative estimate of drug-likeness (QED) is 0.710. The molecule has 138 valence electrons. The molecule has 3 heterocycles. The molecule has 0 saturated carbocycles. The van der Waals surface area contributed by atoms with Crippen LogP contribution in [0, 0.1) is 0 Å². The molecule has 0 atom stereocenters. The molecule has 10 heteroatoms. The number of likely N-dealkylation sites (tertiary alicyclic amines) is 1. The van der Waals surface area contributed by atoms with Crippen LogP contribution in [0.4, 0.5) is 4.79 Å². The van der Waals surface area contributed by atoms with Gasteiger partial charge in [-0.3, -0.25) is 9.69 Å². The van der Waals surface area contributed by atoms with Crippen LogP contribution < -0.4 is 0 Å². The normalized spacial score (nSPS) is 18.6. The van der Waals surface area contributed by atoms with Gasteiger partial charge in [0.15, 0.2) is 5.82 Å². The average molecular weight is 351 g/mol. The van der Waals surface area contributed by atoms with Crippen LogP contribution in [-0.4, -0.2) is 92.8 Å². The minimum Gasteiger partial charge on any atom is -0.450 e. The lowest BCUT2D eigenvalue weighted by atomic mass is 10.3. The Balaban J connectivity index is 1.50. The number of carbonyl (C=O) groups is 2. The minimum absolute atomic E-state index is 0.0292. The molecule has 0 aliphatic carbocycles. The van der Waals surface area contributed by atoms with Crippen molar-refractivity contribution in [2.45, 2.75) is 32.9 Å². The van der Waals surface area contributed by atoms with Crippen molar-refractivity contribution in [3.05, 3.63) is 5.82 Å². The van der Waals surface area contributed by atoms with Crippen molar-refractivity contribution >= 4 is 12.0 Å². The molecular weight excluding hydrogens is 326 g/mol. The minimum atomic E-state index is -0.317. The molecule has 0 unspecified atom stereocenters. The maximum absolute atomic E-state index is 12.5. The van der Waals surface area contributed by atoms with Crippen molar-refractivity contribution in [1.82, 2.24) is 34.9 Å². The van der Waals surface area contributed by atoms with Gasteiger partial charge in [-0.25, -0.2) is 9.48 Å². The fourth-order valence-corrected chi connectivity index (χ4v) is 3.18. The Morgan fingerprint density at radius 3 is 2.40 bits per heavy atom. The Bertz CT molecular complexity index is 592. The molecule has 2 fully saturated rings. The van der Waals surface area contributed by atoms with Crippen molar-refractivity contribution in [3.8, 4) is 0 Å². The summed E-state index contributed by atoms with van der Waals surface area (Å²) in [5, 5.41) is 11.7. The Kier molecular flexibility index (Phi) is 5.79. The summed E-state index contributed by atoms with van der Waals surface area (Å²) in [4.78, 5) is 29.9. The molecule has 1 aromatic rings. The van der Waals surface area contributed by atoms with E-state index in [4.69, 9.17) is 4.74 Å². The van der Waals surface area contributed by atoms with Gasteiger partial charge in [0.2, 0.25) is 5.91 Å². The number of piperazine rings is 1. The van der Waals surface area contributed by atoms with Gasteiger partial charge in [-0.2, -0.15) is 0 Å². The molecule has 2 aliphatic heterocycles. The summed E-state index contributed by atoms with van der Waals surface area (Å²) >= 11 is 0. The van der Waals surface area contributed by atoms with Gasteiger partial charge in [-0.05, 0) is 43.3 Å². The summed E-state index contributed by atoms with van der Waals surface area (Å²) in [6.45, 7) is 7.03. The van der Waals surface area contributed by atoms with Gasteiger partial charge in [0.25, 0.3) is 0 Å². The number of rotatable bonds is 5. The number of ether oxygens (including phenoxy) is 1. The zero-order valence-electron chi connectivity index (χ0n) is 14.6. The van der Waals surface area contributed by atoms with Crippen LogP contribution in [0.5, 0.6) is 0 Å². The number of tetrazole rings is 1. The van der Waals surface area contributed by atoms with Crippen LogP contribution in [0.15, 0.2) is 0 Å². The van der Waals surface area contributed by atoms with Crippen LogP contribution in [0.1, 0.15) is 25.6 Å². The SMILES string of the molecule is CCOC(=O)N1CCN(C(=O)Cn2nnnc2CN2CCCC2)CC1. The molecule has 0 bridgehead atoms. The van der Waals surface area contributed by atoms with E-state index in [-0.39, 0.29) is 18.5 Å². The number of amides is 2. The Labute approximate surface area is 146 Å². The lowest BCUT2D eigenvalue weighted by molar-refractivity contribution is -0.133. The van der Waals surface area contributed by atoms with Gasteiger partial charge in [0.1, 0.15) is 6.54 Å². The van der Waals surface area contributed by atoms with Crippen LogP contribution in [0.3, 0.4) is 0 Å². The van der Waals surface area contributed by atoms with Gasteiger partial charge in [-0.15, -0.1) is 5.10 Å². The molecule has 2 saturated heterocycles. The van der Waals surface area contributed by atoms with Crippen LogP contribution >= 0.6 is 0 Å². The van der Waals surface area contributed by atoms with E-state index in [1.54, 1.807) is 21.4 Å². The van der Waals surface area contributed by atoms with E-state index >= 15 is 0 Å². The Hall–Kier alpha value is -2.23. The zero-order valence-corrected chi connectivity index (χ0v) is 14.6. The van der Waals surface area contributed by atoms with E-state index < -0.39 is 0 Å². The van der Waals surface area contributed by atoms with E-state index in [0.29, 0.717) is 39.3 Å². The summed E-state index contributed by atoms with van der Waals surface area (Å²) in [7, 11) is 0. The molecule has 0 radical (unpaired) electrons. The number of hydrogen-bond donors (Lipinski definition) is 0. The van der Waals surface area contributed by atoms with Gasteiger partial charge in [0, 0.05) is 26.2 Å². The third-order valence-corrected chi connectivity index (χ3v) is 4.61. The van der Waals surface area contributed by atoms with Gasteiger partial charge in [0.05, 0.1) is 13.2 Å². The summed E-state index contributed by atoms with van der Waals surface area (Å²) in [6, 6.07) is 0. The van der Waals surface area contributed by atoms with Crippen molar-refractivity contribution < 1.29 is 14.3 Å². The standard InChI is InChI=1S/C15H25N7O3/c1-2-25-15(24)21-9-7-20(8-10-21)14(23)12-22-13(16-17-18-22)11-19-5-3-4-6-19/h2-12H2,1H3. The van der Waals surface area contributed by atoms with Crippen LogP contribution in [0.25, 0.3) is 0 Å². The first-order valence-corrected chi connectivity index (χ1v) is 8.84. The molecule has 25 heavy (non-hydrogen) atoms. The van der Waals surface area contributed by atoms with Gasteiger partial charge >= 0.3 is 6.09 Å². The summed E-state index contributed by atoms with van der Waals surface area (Å²) < 4.78 is 6.57. The molecular formula is C15H25N7O3.